The number of hydrogen-bond donors (Lipinski definition) is 18. The Morgan fingerprint density at radius 3 is 0.889 bits per heavy atom. The number of aliphatic hydroxyl groups excluding tert-OH is 3. The zero-order valence-electron chi connectivity index (χ0n) is 37.2. The van der Waals surface area contributed by atoms with Crippen LogP contribution in [0.1, 0.15) is 76.6 Å². The normalized spacial score (nSPS) is 10.3. The Kier molecular flexibility index (Phi) is 58.0. The number of halogens is 3. The summed E-state index contributed by atoms with van der Waals surface area (Å²) in [6.07, 6.45) is -7.62. The van der Waals surface area contributed by atoms with Gasteiger partial charge in [0.15, 0.2) is 17.8 Å². The van der Waals surface area contributed by atoms with E-state index in [2.05, 4.69) is 0 Å². The minimum Gasteiger partial charge on any atom is -0.483 e. The van der Waals surface area contributed by atoms with Crippen molar-refractivity contribution in [2.75, 3.05) is 0 Å². The quantitative estimate of drug-likeness (QED) is 0.0545. The van der Waals surface area contributed by atoms with Gasteiger partial charge in [-0.05, 0) is 25.5 Å². The maximum Gasteiger partial charge on any atom is 0.371 e. The Hall–Kier alpha value is -7.82. The molecule has 0 radical (unpaired) electrons. The first-order valence-corrected chi connectivity index (χ1v) is 18.8. The van der Waals surface area contributed by atoms with Crippen molar-refractivity contribution in [2.45, 2.75) is 93.9 Å². The van der Waals surface area contributed by atoms with E-state index in [1.807, 2.05) is 6.92 Å². The van der Waals surface area contributed by atoms with Gasteiger partial charge in [0, 0.05) is 20.3 Å². The van der Waals surface area contributed by atoms with E-state index in [0.29, 0.717) is 12.0 Å². The van der Waals surface area contributed by atoms with E-state index in [1.165, 1.54) is 6.92 Å². The highest BCUT2D eigenvalue weighted by atomic mass is 35.6. The molecule has 18 N–H and O–H groups in total. The number of carboxylic acids is 13. The second kappa shape index (κ2) is 49.6. The van der Waals surface area contributed by atoms with Crippen molar-refractivity contribution in [1.82, 2.24) is 0 Å². The minimum atomic E-state index is -2.74. The standard InChI is InChI=1S/C7H6O2.C6H8O7.C4H6O6.C4H6O4.C4H8O2.C3H6O3.C3H4O3.C2HCl3O2.C2H4O2.CH2O2/c8-7(9)6-4-2-1-3-5-6;7-3(8)1-6(13,5(11)12)2-4(9)10;5-1(3(7)8)2(6)4(9)10;5-3(6)1-2-4(7)8;1-2-3-4(5)6;2*1-2(4)3(5)6;3-2(4,5)1(6)7;1-2(3)4;2-1-3/h1-5H,(H,8,9);13H,1-2H2,(H,7,8)(H,9,10)(H,11,12);1-2,5-6H,(H,7,8)(H,9,10);1-2H2,(H,5,6)(H,7,8);2-3H2,1H3,(H,5,6);2,4H,1H3,(H,5,6);1H3,(H,5,6);(H,6,7);1H3,(H,3,4);1H,(H,2,3). The van der Waals surface area contributed by atoms with Gasteiger partial charge in [-0.2, -0.15) is 0 Å². The molecule has 1 aromatic carbocycles. The lowest BCUT2D eigenvalue weighted by Crippen LogP contribution is -2.42. The molecule has 0 aliphatic carbocycles. The minimum absolute atomic E-state index is 0.250. The summed E-state index contributed by atoms with van der Waals surface area (Å²) in [5, 5.41) is 144. The average molecular weight is 1120 g/mol. The van der Waals surface area contributed by atoms with E-state index in [0.717, 1.165) is 20.3 Å². The maximum atomic E-state index is 10.3. The molecule has 72 heavy (non-hydrogen) atoms. The molecule has 33 nitrogen and oxygen atoms in total. The summed E-state index contributed by atoms with van der Waals surface area (Å²) in [6, 6.07) is 8.30. The largest absolute Gasteiger partial charge is 0.483 e. The topological polar surface area (TPSA) is 620 Å². The second-order valence-electron chi connectivity index (χ2n) is 11.4. The highest BCUT2D eigenvalue weighted by Crippen LogP contribution is 2.25. The molecule has 0 bridgehead atoms. The number of carbonyl (C=O) groups excluding carboxylic acids is 1. The SMILES string of the molecule is CC(=O)C(=O)O.CC(=O)O.CC(O)C(=O)O.CCCC(=O)O.O=C(O)C(Cl)(Cl)Cl.O=C(O)C(O)C(O)C(=O)O.O=C(O)CC(O)(CC(=O)O)C(=O)O.O=C(O)CCC(=O)O.O=C(O)c1ccccc1.O=CO. The molecular formula is C36H51Cl3O33. The van der Waals surface area contributed by atoms with Crippen LogP contribution in [-0.2, 0) is 67.1 Å². The number of aliphatic hydroxyl groups is 4. The monoisotopic (exact) mass is 1120 g/mol. The number of aromatic carboxylic acids is 1. The number of Topliss-reactive ketones (excluding diaryl/α,β-unsaturated/α-hetero) is 1. The van der Waals surface area contributed by atoms with Gasteiger partial charge in [-0.15, -0.1) is 0 Å². The third kappa shape index (κ3) is 79.3. The van der Waals surface area contributed by atoms with Crippen LogP contribution in [0, 0.1) is 0 Å². The molecule has 36 heteroatoms. The van der Waals surface area contributed by atoms with Crippen molar-refractivity contribution in [3.8, 4) is 0 Å². The van der Waals surface area contributed by atoms with Gasteiger partial charge < -0.3 is 91.9 Å². The molecule has 0 aliphatic rings. The van der Waals surface area contributed by atoms with Crippen LogP contribution in [0.15, 0.2) is 30.3 Å². The van der Waals surface area contributed by atoms with Crippen LogP contribution >= 0.6 is 34.8 Å². The third-order valence-electron chi connectivity index (χ3n) is 5.03. The van der Waals surface area contributed by atoms with E-state index in [9.17, 15) is 62.3 Å². The molecule has 0 saturated heterocycles. The van der Waals surface area contributed by atoms with Crippen molar-refractivity contribution in [3.05, 3.63) is 35.9 Å². The lowest BCUT2D eigenvalue weighted by atomic mass is 9.96. The second-order valence-corrected chi connectivity index (χ2v) is 13.7. The Balaban J connectivity index is -0.0000000894. The summed E-state index contributed by atoms with van der Waals surface area (Å²) in [5.74, 6) is -18.0. The van der Waals surface area contributed by atoms with Gasteiger partial charge in [0.05, 0.1) is 31.2 Å². The van der Waals surface area contributed by atoms with Crippen LogP contribution in [0.2, 0.25) is 0 Å². The van der Waals surface area contributed by atoms with Crippen molar-refractivity contribution in [2.24, 2.45) is 0 Å². The Bertz CT molecular complexity index is 1800. The predicted octanol–water partition coefficient (Wildman–Crippen LogP) is -0.835. The summed E-state index contributed by atoms with van der Waals surface area (Å²) >= 11 is 14.4. The summed E-state index contributed by atoms with van der Waals surface area (Å²) in [6.45, 7) is 4.87. The lowest BCUT2D eigenvalue weighted by Gasteiger charge is -2.18. The van der Waals surface area contributed by atoms with Crippen LogP contribution in [-0.4, -0.2) is 209 Å². The lowest BCUT2D eigenvalue weighted by molar-refractivity contribution is -0.170. The predicted molar refractivity (Wildman–Crippen MR) is 232 cm³/mol. The van der Waals surface area contributed by atoms with Crippen LogP contribution in [0.4, 0.5) is 0 Å². The summed E-state index contributed by atoms with van der Waals surface area (Å²) in [5.41, 5.74) is -2.41. The molecule has 0 fully saturated rings. The molecule has 3 unspecified atom stereocenters. The molecule has 0 aliphatic heterocycles. The molecule has 1 rings (SSSR count). The maximum absolute atomic E-state index is 10.3. The number of carbonyl (C=O) groups is 15. The summed E-state index contributed by atoms with van der Waals surface area (Å²) < 4.78 is -2.17. The van der Waals surface area contributed by atoms with Gasteiger partial charge >= 0.3 is 71.6 Å². The molecule has 414 valence electrons. The summed E-state index contributed by atoms with van der Waals surface area (Å²) in [7, 11) is 0. The first-order valence-electron chi connectivity index (χ1n) is 17.7. The fourth-order valence-corrected chi connectivity index (χ4v) is 1.99. The molecular weight excluding hydrogens is 1070 g/mol. The Morgan fingerprint density at radius 2 is 0.792 bits per heavy atom. The highest BCUT2D eigenvalue weighted by molar-refractivity contribution is 6.75. The molecule has 0 aromatic heterocycles. The van der Waals surface area contributed by atoms with E-state index in [4.69, 9.17) is 136 Å². The number of aliphatic carboxylic acids is 12. The van der Waals surface area contributed by atoms with Crippen molar-refractivity contribution >= 4 is 125 Å². The van der Waals surface area contributed by atoms with Gasteiger partial charge in [0.1, 0.15) is 6.10 Å². The molecule has 1 aromatic rings. The third-order valence-corrected chi connectivity index (χ3v) is 5.51. The summed E-state index contributed by atoms with van der Waals surface area (Å²) in [4.78, 5) is 144. The number of ketones is 1. The Morgan fingerprint density at radius 1 is 0.542 bits per heavy atom. The molecule has 0 saturated carbocycles. The first kappa shape index (κ1) is 84.1. The smallest absolute Gasteiger partial charge is 0.371 e. The van der Waals surface area contributed by atoms with E-state index in [1.54, 1.807) is 30.3 Å². The van der Waals surface area contributed by atoms with Crippen molar-refractivity contribution < 1.29 is 164 Å². The van der Waals surface area contributed by atoms with Gasteiger partial charge in [-0.3, -0.25) is 38.4 Å². The fraction of sp³-hybridized carbons (Fsp3) is 0.417. The zero-order valence-corrected chi connectivity index (χ0v) is 39.5. The van der Waals surface area contributed by atoms with Gasteiger partial charge in [-0.25, -0.2) is 33.6 Å². The van der Waals surface area contributed by atoms with E-state index < -0.39 is 124 Å². The van der Waals surface area contributed by atoms with Crippen LogP contribution in [0.25, 0.3) is 0 Å². The van der Waals surface area contributed by atoms with Crippen LogP contribution < -0.4 is 0 Å². The van der Waals surface area contributed by atoms with E-state index in [-0.39, 0.29) is 19.3 Å². The van der Waals surface area contributed by atoms with Crippen LogP contribution in [0.3, 0.4) is 0 Å². The number of hydrogen-bond acceptors (Lipinski definition) is 19. The molecule has 3 atom stereocenters. The molecule has 0 spiro atoms. The number of benzene rings is 1. The van der Waals surface area contributed by atoms with E-state index >= 15 is 0 Å². The molecule has 0 amide bonds. The van der Waals surface area contributed by atoms with Crippen molar-refractivity contribution in [1.29, 1.82) is 0 Å². The fourth-order valence-electron chi connectivity index (χ4n) is 1.99. The van der Waals surface area contributed by atoms with Crippen LogP contribution in [0.5, 0.6) is 0 Å². The zero-order chi connectivity index (χ0) is 59.9. The number of alkyl halides is 3. The van der Waals surface area contributed by atoms with Gasteiger partial charge in [-0.1, -0.05) is 59.9 Å². The Labute approximate surface area is 417 Å². The average Bonchev–Trinajstić information content (AvgIpc) is 3.20. The van der Waals surface area contributed by atoms with Crippen molar-refractivity contribution in [3.63, 3.8) is 0 Å². The number of rotatable bonds is 16. The first-order chi connectivity index (χ1) is 32.3. The molecule has 0 heterocycles. The highest BCUT2D eigenvalue weighted by Gasteiger charge is 2.40. The number of carboxylic acid groups (broad SMARTS) is 14. The van der Waals surface area contributed by atoms with Gasteiger partial charge in [0.2, 0.25) is 5.78 Å². The van der Waals surface area contributed by atoms with Gasteiger partial charge in [0.25, 0.3) is 16.2 Å².